The topological polar surface area (TPSA) is 113 Å². The van der Waals surface area contributed by atoms with E-state index in [0.29, 0.717) is 17.6 Å². The fourth-order valence-corrected chi connectivity index (χ4v) is 2.19. The molecule has 0 spiro atoms. The predicted octanol–water partition coefficient (Wildman–Crippen LogP) is 0.0825. The van der Waals surface area contributed by atoms with Gasteiger partial charge in [-0.25, -0.2) is 0 Å². The number of nitrogens with zero attached hydrogens (tertiary/aromatic N) is 1. The van der Waals surface area contributed by atoms with E-state index in [4.69, 9.17) is 0 Å². The minimum absolute atomic E-state index is 0.0372. The third-order valence-corrected chi connectivity index (χ3v) is 3.17. The van der Waals surface area contributed by atoms with Gasteiger partial charge < -0.3 is 15.5 Å². The van der Waals surface area contributed by atoms with Crippen LogP contribution in [0.4, 0.5) is 5.00 Å². The SMILES string of the molecule is CNCC(O)C(O)c1cc(C=O)sc1[N+](=O)[O-]. The minimum Gasteiger partial charge on any atom is -0.389 e. The van der Waals surface area contributed by atoms with E-state index in [1.807, 2.05) is 0 Å². The van der Waals surface area contributed by atoms with Crippen molar-refractivity contribution in [3.8, 4) is 0 Å². The average molecular weight is 260 g/mol. The van der Waals surface area contributed by atoms with Gasteiger partial charge in [0.25, 0.3) is 0 Å². The van der Waals surface area contributed by atoms with Crippen LogP contribution < -0.4 is 5.32 Å². The first-order chi connectivity index (χ1) is 8.01. The van der Waals surface area contributed by atoms with Gasteiger partial charge in [-0.2, -0.15) is 0 Å². The monoisotopic (exact) mass is 260 g/mol. The van der Waals surface area contributed by atoms with Crippen molar-refractivity contribution in [2.24, 2.45) is 0 Å². The summed E-state index contributed by atoms with van der Waals surface area (Å²) in [7, 11) is 1.58. The Morgan fingerprint density at radius 2 is 2.29 bits per heavy atom. The van der Waals surface area contributed by atoms with Crippen LogP contribution in [0.15, 0.2) is 6.07 Å². The van der Waals surface area contributed by atoms with E-state index in [2.05, 4.69) is 5.32 Å². The van der Waals surface area contributed by atoms with Crippen molar-refractivity contribution in [3.63, 3.8) is 0 Å². The van der Waals surface area contributed by atoms with E-state index < -0.39 is 17.1 Å². The molecule has 1 rings (SSSR count). The molecule has 0 saturated carbocycles. The number of aldehydes is 1. The van der Waals surface area contributed by atoms with Crippen molar-refractivity contribution >= 4 is 22.6 Å². The van der Waals surface area contributed by atoms with Crippen LogP contribution in [-0.4, -0.2) is 41.1 Å². The Morgan fingerprint density at radius 3 is 2.76 bits per heavy atom. The second kappa shape index (κ2) is 5.82. The first-order valence-corrected chi connectivity index (χ1v) is 5.57. The number of thiophene rings is 1. The van der Waals surface area contributed by atoms with Crippen LogP contribution in [0.2, 0.25) is 0 Å². The van der Waals surface area contributed by atoms with Crippen molar-refractivity contribution < 1.29 is 19.9 Å². The zero-order chi connectivity index (χ0) is 13.0. The van der Waals surface area contributed by atoms with Crippen molar-refractivity contribution in [1.82, 2.24) is 5.32 Å². The molecule has 0 fully saturated rings. The van der Waals surface area contributed by atoms with Gasteiger partial charge >= 0.3 is 5.00 Å². The smallest absolute Gasteiger partial charge is 0.330 e. The number of likely N-dealkylation sites (N-methyl/N-ethyl adjacent to an activating group) is 1. The molecule has 2 unspecified atom stereocenters. The summed E-state index contributed by atoms with van der Waals surface area (Å²) in [5.74, 6) is 0. The molecule has 1 aromatic rings. The van der Waals surface area contributed by atoms with Gasteiger partial charge in [-0.3, -0.25) is 14.9 Å². The van der Waals surface area contributed by atoms with Crippen molar-refractivity contribution in [3.05, 3.63) is 26.6 Å². The van der Waals surface area contributed by atoms with Crippen LogP contribution in [0.5, 0.6) is 0 Å². The Bertz CT molecular complexity index is 420. The fraction of sp³-hybridized carbons (Fsp3) is 0.444. The molecule has 0 aliphatic rings. The highest BCUT2D eigenvalue weighted by Crippen LogP contribution is 2.34. The van der Waals surface area contributed by atoms with E-state index in [-0.39, 0.29) is 22.0 Å². The quantitative estimate of drug-likeness (QED) is 0.379. The first kappa shape index (κ1) is 13.7. The van der Waals surface area contributed by atoms with Crippen molar-refractivity contribution in [2.75, 3.05) is 13.6 Å². The van der Waals surface area contributed by atoms with Crippen LogP contribution in [0, 0.1) is 10.1 Å². The van der Waals surface area contributed by atoms with Crippen LogP contribution >= 0.6 is 11.3 Å². The molecule has 94 valence electrons. The Morgan fingerprint density at radius 1 is 1.65 bits per heavy atom. The largest absolute Gasteiger partial charge is 0.389 e. The number of carbonyl (C=O) groups is 1. The summed E-state index contributed by atoms with van der Waals surface area (Å²) in [6.07, 6.45) is -2.10. The maximum absolute atomic E-state index is 10.7. The number of rotatable bonds is 6. The lowest BCUT2D eigenvalue weighted by Gasteiger charge is -2.15. The lowest BCUT2D eigenvalue weighted by atomic mass is 10.1. The minimum atomic E-state index is -1.40. The van der Waals surface area contributed by atoms with Crippen molar-refractivity contribution in [2.45, 2.75) is 12.2 Å². The molecule has 2 atom stereocenters. The molecular weight excluding hydrogens is 248 g/mol. The highest BCUT2D eigenvalue weighted by molar-refractivity contribution is 7.17. The van der Waals surface area contributed by atoms with Crippen molar-refractivity contribution in [1.29, 1.82) is 0 Å². The number of hydrogen-bond acceptors (Lipinski definition) is 7. The highest BCUT2D eigenvalue weighted by atomic mass is 32.1. The molecule has 1 heterocycles. The second-order valence-corrected chi connectivity index (χ2v) is 4.42. The third kappa shape index (κ3) is 3.07. The molecule has 7 nitrogen and oxygen atoms in total. The van der Waals surface area contributed by atoms with Gasteiger partial charge in [-0.15, -0.1) is 0 Å². The highest BCUT2D eigenvalue weighted by Gasteiger charge is 2.29. The molecule has 0 aliphatic carbocycles. The summed E-state index contributed by atoms with van der Waals surface area (Å²) < 4.78 is 0. The average Bonchev–Trinajstić information content (AvgIpc) is 2.72. The molecule has 0 aromatic carbocycles. The second-order valence-electron chi connectivity index (χ2n) is 3.35. The van der Waals surface area contributed by atoms with Gasteiger partial charge in [0, 0.05) is 6.54 Å². The number of nitro groups is 1. The van der Waals surface area contributed by atoms with Gasteiger partial charge in [0.05, 0.1) is 21.5 Å². The van der Waals surface area contributed by atoms with Crippen LogP contribution in [0.25, 0.3) is 0 Å². The Hall–Kier alpha value is -1.35. The Balaban J connectivity index is 3.06. The predicted molar refractivity (Wildman–Crippen MR) is 61.3 cm³/mol. The molecule has 0 bridgehead atoms. The lowest BCUT2D eigenvalue weighted by Crippen LogP contribution is -2.29. The molecule has 0 amide bonds. The van der Waals surface area contributed by atoms with E-state index in [1.165, 1.54) is 6.07 Å². The molecular formula is C9H12N2O5S. The maximum Gasteiger partial charge on any atom is 0.330 e. The zero-order valence-corrected chi connectivity index (χ0v) is 9.81. The number of nitrogens with one attached hydrogen (secondary N) is 1. The summed E-state index contributed by atoms with van der Waals surface area (Å²) in [5.41, 5.74) is -0.0372. The molecule has 0 saturated heterocycles. The molecule has 0 aliphatic heterocycles. The van der Waals surface area contributed by atoms with Crippen LogP contribution in [0.1, 0.15) is 21.3 Å². The standard InChI is InChI=1S/C9H12N2O5S/c1-10-3-7(13)8(14)6-2-5(4-12)17-9(6)11(15)16/h2,4,7-8,10,13-14H,3H2,1H3. The number of carbonyl (C=O) groups excluding carboxylic acids is 1. The Labute approximate surface area is 101 Å². The first-order valence-electron chi connectivity index (χ1n) is 4.75. The molecule has 3 N–H and O–H groups in total. The van der Waals surface area contributed by atoms with E-state index in [1.54, 1.807) is 7.05 Å². The van der Waals surface area contributed by atoms with Crippen LogP contribution in [-0.2, 0) is 0 Å². The van der Waals surface area contributed by atoms with Gasteiger partial charge in [0.15, 0.2) is 6.29 Å². The zero-order valence-electron chi connectivity index (χ0n) is 8.99. The number of aliphatic hydroxyl groups excluding tert-OH is 2. The third-order valence-electron chi connectivity index (χ3n) is 2.14. The van der Waals surface area contributed by atoms with Gasteiger partial charge in [0.2, 0.25) is 0 Å². The normalized spacial score (nSPS) is 14.3. The van der Waals surface area contributed by atoms with Crippen LogP contribution in [0.3, 0.4) is 0 Å². The molecule has 8 heteroatoms. The molecule has 1 aromatic heterocycles. The Kier molecular flexibility index (Phi) is 4.70. The number of hydrogen-bond donors (Lipinski definition) is 3. The summed E-state index contributed by atoms with van der Waals surface area (Å²) in [6, 6.07) is 1.22. The van der Waals surface area contributed by atoms with Gasteiger partial charge in [-0.1, -0.05) is 11.3 Å². The summed E-state index contributed by atoms with van der Waals surface area (Å²) in [5, 5.41) is 32.3. The number of aliphatic hydroxyl groups is 2. The maximum atomic E-state index is 10.7. The summed E-state index contributed by atoms with van der Waals surface area (Å²) in [6.45, 7) is 0.0879. The lowest BCUT2D eigenvalue weighted by molar-refractivity contribution is -0.381. The van der Waals surface area contributed by atoms with Gasteiger partial charge in [0.1, 0.15) is 6.10 Å². The summed E-state index contributed by atoms with van der Waals surface area (Å²) in [4.78, 5) is 20.7. The molecule has 0 radical (unpaired) electrons. The molecule has 17 heavy (non-hydrogen) atoms. The van der Waals surface area contributed by atoms with Gasteiger partial charge in [-0.05, 0) is 13.1 Å². The van der Waals surface area contributed by atoms with E-state index in [9.17, 15) is 25.1 Å². The summed E-state index contributed by atoms with van der Waals surface area (Å²) >= 11 is 0.673. The van der Waals surface area contributed by atoms with E-state index in [0.717, 1.165) is 0 Å². The fourth-order valence-electron chi connectivity index (χ4n) is 1.36. The van der Waals surface area contributed by atoms with E-state index >= 15 is 0 Å².